The first-order valence-corrected chi connectivity index (χ1v) is 7.84. The number of aromatic nitrogens is 1. The number of likely N-dealkylation sites (N-methyl/N-ethyl adjacent to an activating group) is 1. The lowest BCUT2D eigenvalue weighted by molar-refractivity contribution is -0.141. The van der Waals surface area contributed by atoms with Crippen molar-refractivity contribution in [3.8, 4) is 0 Å². The molecule has 0 radical (unpaired) electrons. The number of pyridine rings is 1. The number of hydrogen-bond acceptors (Lipinski definition) is 3. The molecule has 1 atom stereocenters. The Morgan fingerprint density at radius 1 is 1.41 bits per heavy atom. The quantitative estimate of drug-likeness (QED) is 0.781. The summed E-state index contributed by atoms with van der Waals surface area (Å²) < 4.78 is 0. The maximum atomic E-state index is 12.5. The van der Waals surface area contributed by atoms with E-state index in [9.17, 15) is 9.59 Å². The van der Waals surface area contributed by atoms with E-state index >= 15 is 0 Å². The molecular formula is C17H23N3O2. The van der Waals surface area contributed by atoms with Crippen molar-refractivity contribution in [1.29, 1.82) is 0 Å². The Balaban J connectivity index is 2.05. The van der Waals surface area contributed by atoms with Gasteiger partial charge in [-0.3, -0.25) is 14.6 Å². The number of carbonyl (C=O) groups is 2. The molecule has 5 heteroatoms. The van der Waals surface area contributed by atoms with Crippen molar-refractivity contribution in [1.82, 2.24) is 14.8 Å². The van der Waals surface area contributed by atoms with Crippen molar-refractivity contribution in [2.45, 2.75) is 32.7 Å². The Hall–Kier alpha value is -2.17. The molecule has 0 N–H and O–H groups in total. The summed E-state index contributed by atoms with van der Waals surface area (Å²) in [7, 11) is 0. The van der Waals surface area contributed by atoms with Gasteiger partial charge in [0.25, 0.3) is 0 Å². The highest BCUT2D eigenvalue weighted by Gasteiger charge is 2.34. The molecule has 1 saturated heterocycles. The van der Waals surface area contributed by atoms with Crippen LogP contribution in [-0.2, 0) is 9.59 Å². The first-order valence-electron chi connectivity index (χ1n) is 7.84. The molecule has 1 aliphatic rings. The fourth-order valence-corrected chi connectivity index (χ4v) is 2.77. The second-order valence-electron chi connectivity index (χ2n) is 5.32. The van der Waals surface area contributed by atoms with Crippen molar-refractivity contribution < 1.29 is 9.59 Å². The predicted molar refractivity (Wildman–Crippen MR) is 85.9 cm³/mol. The Morgan fingerprint density at radius 3 is 2.82 bits per heavy atom. The molecule has 22 heavy (non-hydrogen) atoms. The molecule has 118 valence electrons. The molecular weight excluding hydrogens is 278 g/mol. The highest BCUT2D eigenvalue weighted by molar-refractivity contribution is 5.96. The molecule has 1 aliphatic heterocycles. The van der Waals surface area contributed by atoms with E-state index in [1.165, 1.54) is 6.08 Å². The molecule has 1 unspecified atom stereocenters. The van der Waals surface area contributed by atoms with Gasteiger partial charge in [-0.1, -0.05) is 6.07 Å². The van der Waals surface area contributed by atoms with Gasteiger partial charge in [-0.15, -0.1) is 0 Å². The standard InChI is InChI=1S/C17H23N3O2/c1-3-19(4-2)17(22)15-8-6-12-20(15)16(21)10-9-14-7-5-11-18-13-14/h5,7,9-11,13,15H,3-4,6,8,12H2,1-2H3/b10-9+. The predicted octanol–water partition coefficient (Wildman–Crippen LogP) is 1.95. The maximum absolute atomic E-state index is 12.5. The van der Waals surface area contributed by atoms with Gasteiger partial charge >= 0.3 is 0 Å². The first-order chi connectivity index (χ1) is 10.7. The van der Waals surface area contributed by atoms with Crippen LogP contribution in [0, 0.1) is 0 Å². The lowest BCUT2D eigenvalue weighted by Crippen LogP contribution is -2.47. The summed E-state index contributed by atoms with van der Waals surface area (Å²) >= 11 is 0. The number of hydrogen-bond donors (Lipinski definition) is 0. The van der Waals surface area contributed by atoms with Gasteiger partial charge in [-0.05, 0) is 44.4 Å². The fourth-order valence-electron chi connectivity index (χ4n) is 2.77. The number of likely N-dealkylation sites (tertiary alicyclic amines) is 1. The Morgan fingerprint density at radius 2 is 2.18 bits per heavy atom. The summed E-state index contributed by atoms with van der Waals surface area (Å²) in [6, 6.07) is 3.40. The smallest absolute Gasteiger partial charge is 0.247 e. The summed E-state index contributed by atoms with van der Waals surface area (Å²) in [5.74, 6) is -0.0440. The van der Waals surface area contributed by atoms with Crippen LogP contribution in [0.3, 0.4) is 0 Å². The molecule has 1 aromatic rings. The largest absolute Gasteiger partial charge is 0.341 e. The van der Waals surface area contributed by atoms with Gasteiger partial charge < -0.3 is 9.80 Å². The Bertz CT molecular complexity index is 538. The van der Waals surface area contributed by atoms with Crippen LogP contribution < -0.4 is 0 Å². The van der Waals surface area contributed by atoms with Gasteiger partial charge in [-0.2, -0.15) is 0 Å². The molecule has 1 aromatic heterocycles. The van der Waals surface area contributed by atoms with E-state index in [1.807, 2.05) is 26.0 Å². The van der Waals surface area contributed by atoms with Gasteiger partial charge in [0.1, 0.15) is 6.04 Å². The van der Waals surface area contributed by atoms with Crippen molar-refractivity contribution in [3.05, 3.63) is 36.2 Å². The van der Waals surface area contributed by atoms with Crippen molar-refractivity contribution in [2.75, 3.05) is 19.6 Å². The molecule has 1 fully saturated rings. The van der Waals surface area contributed by atoms with E-state index in [2.05, 4.69) is 4.98 Å². The van der Waals surface area contributed by atoms with Crippen LogP contribution in [0.15, 0.2) is 30.6 Å². The van der Waals surface area contributed by atoms with Gasteiger partial charge in [0, 0.05) is 38.1 Å². The minimum atomic E-state index is -0.314. The van der Waals surface area contributed by atoms with Crippen molar-refractivity contribution in [3.63, 3.8) is 0 Å². The van der Waals surface area contributed by atoms with E-state index in [-0.39, 0.29) is 17.9 Å². The molecule has 0 aliphatic carbocycles. The lowest BCUT2D eigenvalue weighted by Gasteiger charge is -2.28. The third-order valence-corrected chi connectivity index (χ3v) is 4.00. The molecule has 0 bridgehead atoms. The Kier molecular flexibility index (Phi) is 5.69. The van der Waals surface area contributed by atoms with Crippen LogP contribution in [0.4, 0.5) is 0 Å². The van der Waals surface area contributed by atoms with Crippen molar-refractivity contribution >= 4 is 17.9 Å². The van der Waals surface area contributed by atoms with E-state index in [0.717, 1.165) is 18.4 Å². The number of amides is 2. The molecule has 2 rings (SSSR count). The van der Waals surface area contributed by atoms with E-state index in [4.69, 9.17) is 0 Å². The Labute approximate surface area is 131 Å². The highest BCUT2D eigenvalue weighted by atomic mass is 16.2. The summed E-state index contributed by atoms with van der Waals surface area (Å²) in [5, 5.41) is 0. The van der Waals surface area contributed by atoms with Crippen LogP contribution in [0.1, 0.15) is 32.3 Å². The molecule has 0 spiro atoms. The third-order valence-electron chi connectivity index (χ3n) is 4.00. The zero-order chi connectivity index (χ0) is 15.9. The SMILES string of the molecule is CCN(CC)C(=O)C1CCCN1C(=O)/C=C/c1cccnc1. The average Bonchev–Trinajstić information content (AvgIpc) is 3.04. The minimum Gasteiger partial charge on any atom is -0.341 e. The molecule has 0 aromatic carbocycles. The van der Waals surface area contributed by atoms with Gasteiger partial charge in [0.15, 0.2) is 0 Å². The maximum Gasteiger partial charge on any atom is 0.247 e. The van der Waals surface area contributed by atoms with E-state index < -0.39 is 0 Å². The lowest BCUT2D eigenvalue weighted by atomic mass is 10.2. The van der Waals surface area contributed by atoms with Gasteiger partial charge in [-0.25, -0.2) is 0 Å². The molecule has 2 amide bonds. The van der Waals surface area contributed by atoms with E-state index in [1.54, 1.807) is 28.3 Å². The van der Waals surface area contributed by atoms with Crippen LogP contribution in [0.2, 0.25) is 0 Å². The number of rotatable bonds is 5. The summed E-state index contributed by atoms with van der Waals surface area (Å²) in [6.45, 7) is 5.93. The highest BCUT2D eigenvalue weighted by Crippen LogP contribution is 2.20. The second kappa shape index (κ2) is 7.73. The topological polar surface area (TPSA) is 53.5 Å². The minimum absolute atomic E-state index is 0.0608. The van der Waals surface area contributed by atoms with Crippen LogP contribution in [0.25, 0.3) is 6.08 Å². The molecule has 5 nitrogen and oxygen atoms in total. The van der Waals surface area contributed by atoms with E-state index in [0.29, 0.717) is 19.6 Å². The van der Waals surface area contributed by atoms with Crippen LogP contribution in [0.5, 0.6) is 0 Å². The van der Waals surface area contributed by atoms with Crippen LogP contribution in [-0.4, -0.2) is 52.3 Å². The fraction of sp³-hybridized carbons (Fsp3) is 0.471. The molecule has 0 saturated carbocycles. The normalized spacial score (nSPS) is 17.9. The van der Waals surface area contributed by atoms with Crippen molar-refractivity contribution in [2.24, 2.45) is 0 Å². The summed E-state index contributed by atoms with van der Waals surface area (Å²) in [4.78, 5) is 32.4. The molecule has 2 heterocycles. The second-order valence-corrected chi connectivity index (χ2v) is 5.32. The zero-order valence-electron chi connectivity index (χ0n) is 13.2. The summed E-state index contributed by atoms with van der Waals surface area (Å²) in [5.41, 5.74) is 0.877. The number of carbonyl (C=O) groups excluding carboxylic acids is 2. The van der Waals surface area contributed by atoms with Gasteiger partial charge in [0.2, 0.25) is 11.8 Å². The van der Waals surface area contributed by atoms with Crippen LogP contribution >= 0.6 is 0 Å². The van der Waals surface area contributed by atoms with Gasteiger partial charge in [0.05, 0.1) is 0 Å². The number of nitrogens with zero attached hydrogens (tertiary/aromatic N) is 3. The summed E-state index contributed by atoms with van der Waals surface area (Å²) in [6.07, 6.45) is 8.30. The monoisotopic (exact) mass is 301 g/mol. The average molecular weight is 301 g/mol. The zero-order valence-corrected chi connectivity index (χ0v) is 13.2. The first kappa shape index (κ1) is 16.2. The third kappa shape index (κ3) is 3.72.